The maximum atomic E-state index is 8.57. The van der Waals surface area contributed by atoms with Crippen LogP contribution >= 0.6 is 0 Å². The van der Waals surface area contributed by atoms with Gasteiger partial charge in [0.15, 0.2) is 0 Å². The summed E-state index contributed by atoms with van der Waals surface area (Å²) in [6.45, 7) is 6.16. The fourth-order valence-electron chi connectivity index (χ4n) is 0.406. The van der Waals surface area contributed by atoms with E-state index in [4.69, 9.17) is 5.11 Å². The predicted molar refractivity (Wildman–Crippen MR) is 41.7 cm³/mol. The average Bonchev–Trinajstić information content (AvgIpc) is 1.89. The number of hydrogen-bond acceptors (Lipinski definition) is 1. The van der Waals surface area contributed by atoms with E-state index in [2.05, 4.69) is 13.5 Å². The summed E-state index contributed by atoms with van der Waals surface area (Å²) in [5.41, 5.74) is 0. The monoisotopic (exact) mass is 244 g/mol. The van der Waals surface area contributed by atoms with E-state index in [0.29, 0.717) is 0 Å². The average molecular weight is 242 g/mol. The maximum absolute atomic E-state index is 8.57. The van der Waals surface area contributed by atoms with E-state index in [1.54, 1.807) is 0 Å². The third-order valence-electron chi connectivity index (χ3n) is 0.980. The Morgan fingerprint density at radius 3 is 2.78 bits per heavy atom. The van der Waals surface area contributed by atoms with Crippen molar-refractivity contribution in [2.75, 3.05) is 6.61 Å². The van der Waals surface area contributed by atoms with E-state index in [1.807, 2.05) is 0 Å². The molecule has 0 aromatic heterocycles. The Bertz CT molecular complexity index is 81.0. The van der Waals surface area contributed by atoms with Crippen LogP contribution in [0.15, 0.2) is 10.2 Å². The van der Waals surface area contributed by atoms with Gasteiger partial charge in [-0.05, 0) is 0 Å². The van der Waals surface area contributed by atoms with Gasteiger partial charge in [-0.2, -0.15) is 0 Å². The zero-order valence-corrected chi connectivity index (χ0v) is 8.22. The minimum absolute atomic E-state index is 0.0487. The van der Waals surface area contributed by atoms with Crippen LogP contribution in [-0.4, -0.2) is 32.6 Å². The normalized spacial score (nSPS) is 9.56. The Morgan fingerprint density at radius 1 is 1.67 bits per heavy atom. The first-order valence-electron chi connectivity index (χ1n) is 3.22. The predicted octanol–water partition coefficient (Wildman–Crippen LogP) is 1.42. The summed E-state index contributed by atoms with van der Waals surface area (Å²) in [6.07, 6.45) is 2.57. The molecule has 54 valence electrons. The molecular weight excluding hydrogens is 228 g/mol. The molecule has 0 saturated heterocycles. The van der Waals surface area contributed by atoms with Gasteiger partial charge in [0.05, 0.1) is 0 Å². The second kappa shape index (κ2) is 6.61. The van der Waals surface area contributed by atoms with Crippen molar-refractivity contribution in [2.45, 2.75) is 24.2 Å². The van der Waals surface area contributed by atoms with Gasteiger partial charge < -0.3 is 0 Å². The standard InChI is InChI=1S/C7H14OTe/c1-3-4-5-9-7(2)6-8/h8H,2-6H2,1H3. The van der Waals surface area contributed by atoms with E-state index in [0.717, 1.165) is 3.62 Å². The Balaban J connectivity index is 2.97. The first-order chi connectivity index (χ1) is 4.31. The van der Waals surface area contributed by atoms with Gasteiger partial charge in [0.1, 0.15) is 0 Å². The summed E-state index contributed by atoms with van der Waals surface area (Å²) in [4.78, 5) is 0. The van der Waals surface area contributed by atoms with Crippen molar-refractivity contribution >= 4 is 20.9 Å². The van der Waals surface area contributed by atoms with Crippen LogP contribution in [0.1, 0.15) is 19.8 Å². The first-order valence-corrected chi connectivity index (χ1v) is 6.04. The molecule has 0 radical (unpaired) electrons. The molecule has 0 atom stereocenters. The van der Waals surface area contributed by atoms with Gasteiger partial charge in [-0.3, -0.25) is 0 Å². The van der Waals surface area contributed by atoms with Crippen molar-refractivity contribution in [1.82, 2.24) is 0 Å². The molecule has 1 nitrogen and oxygen atoms in total. The van der Waals surface area contributed by atoms with Crippen molar-refractivity contribution < 1.29 is 5.11 Å². The first kappa shape index (κ1) is 9.49. The van der Waals surface area contributed by atoms with Crippen molar-refractivity contribution in [3.63, 3.8) is 0 Å². The number of unbranched alkanes of at least 4 members (excludes halogenated alkanes) is 1. The van der Waals surface area contributed by atoms with E-state index < -0.39 is 0 Å². The molecule has 0 saturated carbocycles. The van der Waals surface area contributed by atoms with Crippen molar-refractivity contribution in [3.05, 3.63) is 10.2 Å². The van der Waals surface area contributed by atoms with Gasteiger partial charge in [0.2, 0.25) is 0 Å². The van der Waals surface area contributed by atoms with Crippen LogP contribution in [0.3, 0.4) is 0 Å². The number of aliphatic hydroxyl groups excluding tert-OH is 1. The molecular formula is C7H14OTe. The molecule has 0 aromatic carbocycles. The summed E-state index contributed by atoms with van der Waals surface area (Å²) in [5.74, 6) is 0. The van der Waals surface area contributed by atoms with E-state index in [-0.39, 0.29) is 27.5 Å². The molecule has 0 unspecified atom stereocenters. The summed E-state index contributed by atoms with van der Waals surface area (Å²) < 4.78 is 2.40. The van der Waals surface area contributed by atoms with Crippen molar-refractivity contribution in [2.24, 2.45) is 0 Å². The van der Waals surface area contributed by atoms with Gasteiger partial charge in [0.25, 0.3) is 0 Å². The Morgan fingerprint density at radius 2 is 2.33 bits per heavy atom. The van der Waals surface area contributed by atoms with Crippen LogP contribution in [-0.2, 0) is 0 Å². The third kappa shape index (κ3) is 6.37. The number of rotatable bonds is 5. The molecule has 0 amide bonds. The zero-order valence-electron chi connectivity index (χ0n) is 5.89. The van der Waals surface area contributed by atoms with E-state index in [9.17, 15) is 0 Å². The van der Waals surface area contributed by atoms with Gasteiger partial charge in [-0.15, -0.1) is 0 Å². The molecule has 0 heterocycles. The van der Waals surface area contributed by atoms with Crippen molar-refractivity contribution in [1.29, 1.82) is 0 Å². The summed E-state index contributed by atoms with van der Waals surface area (Å²) in [6, 6.07) is 0. The van der Waals surface area contributed by atoms with Crippen LogP contribution < -0.4 is 0 Å². The topological polar surface area (TPSA) is 20.2 Å². The molecule has 9 heavy (non-hydrogen) atoms. The van der Waals surface area contributed by atoms with Crippen molar-refractivity contribution in [3.8, 4) is 0 Å². The molecule has 2 heteroatoms. The number of aliphatic hydroxyl groups is 1. The quantitative estimate of drug-likeness (QED) is 0.570. The summed E-state index contributed by atoms with van der Waals surface area (Å²) in [7, 11) is 0. The molecule has 0 aliphatic rings. The van der Waals surface area contributed by atoms with Crippen LogP contribution in [0.5, 0.6) is 0 Å². The molecule has 0 rings (SSSR count). The van der Waals surface area contributed by atoms with Crippen LogP contribution in [0.25, 0.3) is 0 Å². The minimum atomic E-state index is -0.0487. The third-order valence-corrected chi connectivity index (χ3v) is 3.92. The number of hydrogen-bond donors (Lipinski definition) is 1. The van der Waals surface area contributed by atoms with Gasteiger partial charge in [-0.1, -0.05) is 0 Å². The molecule has 0 bridgehead atoms. The summed E-state index contributed by atoms with van der Waals surface area (Å²) in [5, 5.41) is 8.57. The molecule has 0 spiro atoms. The van der Waals surface area contributed by atoms with Crippen LogP contribution in [0, 0.1) is 0 Å². The Labute approximate surface area is 67.2 Å². The molecule has 0 aliphatic heterocycles. The molecule has 0 fully saturated rings. The second-order valence-electron chi connectivity index (χ2n) is 1.90. The van der Waals surface area contributed by atoms with Crippen LogP contribution in [0.4, 0.5) is 0 Å². The van der Waals surface area contributed by atoms with Gasteiger partial charge in [-0.25, -0.2) is 0 Å². The van der Waals surface area contributed by atoms with Crippen LogP contribution in [0.2, 0.25) is 4.47 Å². The summed E-state index contributed by atoms with van der Waals surface area (Å²) >= 11 is -0.0487. The van der Waals surface area contributed by atoms with E-state index >= 15 is 0 Å². The fraction of sp³-hybridized carbons (Fsp3) is 0.714. The van der Waals surface area contributed by atoms with Gasteiger partial charge in [0, 0.05) is 0 Å². The van der Waals surface area contributed by atoms with E-state index in [1.165, 1.54) is 17.3 Å². The zero-order chi connectivity index (χ0) is 7.11. The SMILES string of the molecule is C=C(CO)[Te]CCCC. The molecule has 0 aliphatic carbocycles. The second-order valence-corrected chi connectivity index (χ2v) is 5.54. The fourth-order valence-corrected chi connectivity index (χ4v) is 2.73. The molecule has 0 aromatic rings. The van der Waals surface area contributed by atoms with Gasteiger partial charge >= 0.3 is 67.1 Å². The molecule has 1 N–H and O–H groups in total. The Hall–Kier alpha value is 0.490. The Kier molecular flexibility index (Phi) is 6.97.